The van der Waals surface area contributed by atoms with Crippen LogP contribution in [0.15, 0.2) is 28.1 Å². The van der Waals surface area contributed by atoms with Crippen LogP contribution in [0.4, 0.5) is 5.95 Å². The van der Waals surface area contributed by atoms with Crippen LogP contribution in [0.1, 0.15) is 11.3 Å². The molecule has 110 valence electrons. The third kappa shape index (κ3) is 3.94. The predicted molar refractivity (Wildman–Crippen MR) is 88.2 cm³/mol. The molecule has 2 rings (SSSR count). The highest BCUT2D eigenvalue weighted by molar-refractivity contribution is 14.1. The lowest BCUT2D eigenvalue weighted by Gasteiger charge is -2.06. The number of aromatic hydroxyl groups is 1. The van der Waals surface area contributed by atoms with Crippen LogP contribution in [0.25, 0.3) is 0 Å². The Labute approximate surface area is 134 Å². The molecule has 0 bridgehead atoms. The normalized spacial score (nSPS) is 10.8. The second-order valence-electron chi connectivity index (χ2n) is 4.16. The van der Waals surface area contributed by atoms with Gasteiger partial charge < -0.3 is 9.84 Å². The Morgan fingerprint density at radius 1 is 1.48 bits per heavy atom. The van der Waals surface area contributed by atoms with Gasteiger partial charge in [-0.2, -0.15) is 5.10 Å². The zero-order chi connectivity index (χ0) is 15.4. The molecule has 1 heterocycles. The van der Waals surface area contributed by atoms with Crippen LogP contribution in [0.2, 0.25) is 0 Å². The summed E-state index contributed by atoms with van der Waals surface area (Å²) in [6.07, 6.45) is 1.53. The van der Waals surface area contributed by atoms with Crippen molar-refractivity contribution in [1.29, 1.82) is 0 Å². The number of hydrazone groups is 1. The van der Waals surface area contributed by atoms with Gasteiger partial charge in [-0.25, -0.2) is 10.4 Å². The zero-order valence-electron chi connectivity index (χ0n) is 11.3. The average molecular weight is 400 g/mol. The Kier molecular flexibility index (Phi) is 4.78. The number of phenols is 1. The van der Waals surface area contributed by atoms with E-state index in [0.29, 0.717) is 15.0 Å². The number of hydrogen-bond donors (Lipinski definition) is 3. The van der Waals surface area contributed by atoms with Crippen molar-refractivity contribution in [3.05, 3.63) is 43.4 Å². The van der Waals surface area contributed by atoms with E-state index in [2.05, 4.69) is 20.5 Å². The van der Waals surface area contributed by atoms with Gasteiger partial charge in [-0.1, -0.05) is 0 Å². The van der Waals surface area contributed by atoms with E-state index in [1.807, 2.05) is 22.6 Å². The van der Waals surface area contributed by atoms with Crippen molar-refractivity contribution in [1.82, 2.24) is 9.97 Å². The fourth-order valence-corrected chi connectivity index (χ4v) is 2.25. The Balaban J connectivity index is 2.18. The molecule has 0 fully saturated rings. The molecule has 2 aromatic rings. The van der Waals surface area contributed by atoms with Gasteiger partial charge in [0.1, 0.15) is 0 Å². The lowest BCUT2D eigenvalue weighted by atomic mass is 10.2. The van der Waals surface area contributed by atoms with Gasteiger partial charge >= 0.3 is 0 Å². The Morgan fingerprint density at radius 2 is 2.24 bits per heavy atom. The lowest BCUT2D eigenvalue weighted by Crippen LogP contribution is -2.10. The number of methoxy groups -OCH3 is 1. The standard InChI is InChI=1S/C13H13IN4O3/c1-7-3-11(19)17-13(16-7)18-15-6-8-4-9(14)12(20)10(5-8)21-2/h3-6,20H,1-2H3,(H2,16,17,18,19)/b15-6+. The summed E-state index contributed by atoms with van der Waals surface area (Å²) in [5.74, 6) is 0.718. The van der Waals surface area contributed by atoms with E-state index in [1.54, 1.807) is 19.1 Å². The summed E-state index contributed by atoms with van der Waals surface area (Å²) < 4.78 is 5.71. The molecule has 0 unspecified atom stereocenters. The fourth-order valence-electron chi connectivity index (χ4n) is 1.62. The van der Waals surface area contributed by atoms with Crippen molar-refractivity contribution >= 4 is 34.8 Å². The monoisotopic (exact) mass is 400 g/mol. The molecule has 3 N–H and O–H groups in total. The second-order valence-corrected chi connectivity index (χ2v) is 5.32. The molecule has 0 radical (unpaired) electrons. The maximum Gasteiger partial charge on any atom is 0.252 e. The molecule has 1 aromatic carbocycles. The predicted octanol–water partition coefficient (Wildman–Crippen LogP) is 1.84. The third-order valence-corrected chi connectivity index (χ3v) is 3.35. The first-order valence-electron chi connectivity index (χ1n) is 5.93. The molecule has 7 nitrogen and oxygen atoms in total. The highest BCUT2D eigenvalue weighted by Crippen LogP contribution is 2.31. The van der Waals surface area contributed by atoms with E-state index in [-0.39, 0.29) is 17.3 Å². The molecule has 1 aromatic heterocycles. The van der Waals surface area contributed by atoms with E-state index < -0.39 is 0 Å². The fraction of sp³-hybridized carbons (Fsp3) is 0.154. The number of ether oxygens (including phenoxy) is 1. The second kappa shape index (κ2) is 6.57. The van der Waals surface area contributed by atoms with Crippen LogP contribution in [-0.4, -0.2) is 28.4 Å². The van der Waals surface area contributed by atoms with Crippen molar-refractivity contribution in [3.8, 4) is 11.5 Å². The maximum absolute atomic E-state index is 11.3. The van der Waals surface area contributed by atoms with Crippen LogP contribution in [0.5, 0.6) is 11.5 Å². The van der Waals surface area contributed by atoms with Gasteiger partial charge in [-0.05, 0) is 47.2 Å². The van der Waals surface area contributed by atoms with E-state index in [0.717, 1.165) is 5.56 Å². The largest absolute Gasteiger partial charge is 0.504 e. The summed E-state index contributed by atoms with van der Waals surface area (Å²) in [5.41, 5.74) is 3.72. The number of aryl methyl sites for hydroxylation is 1. The molecule has 21 heavy (non-hydrogen) atoms. The van der Waals surface area contributed by atoms with Crippen molar-refractivity contribution < 1.29 is 9.84 Å². The number of phenolic OH excluding ortho intramolecular Hbond substituents is 1. The van der Waals surface area contributed by atoms with Gasteiger partial charge in [-0.3, -0.25) is 9.78 Å². The molecule has 0 spiro atoms. The van der Waals surface area contributed by atoms with Gasteiger partial charge in [0, 0.05) is 11.8 Å². The Hall–Kier alpha value is -2.10. The van der Waals surface area contributed by atoms with Crippen molar-refractivity contribution in [2.24, 2.45) is 5.10 Å². The van der Waals surface area contributed by atoms with Crippen LogP contribution in [0.3, 0.4) is 0 Å². The van der Waals surface area contributed by atoms with Crippen LogP contribution < -0.4 is 15.7 Å². The number of halogens is 1. The first kappa shape index (κ1) is 15.3. The van der Waals surface area contributed by atoms with E-state index in [1.165, 1.54) is 19.4 Å². The third-order valence-electron chi connectivity index (χ3n) is 2.52. The number of benzene rings is 1. The van der Waals surface area contributed by atoms with Crippen molar-refractivity contribution in [3.63, 3.8) is 0 Å². The van der Waals surface area contributed by atoms with Gasteiger partial charge in [0.15, 0.2) is 11.5 Å². The summed E-state index contributed by atoms with van der Waals surface area (Å²) in [4.78, 5) is 17.9. The first-order chi connectivity index (χ1) is 9.99. The first-order valence-corrected chi connectivity index (χ1v) is 7.01. The minimum absolute atomic E-state index is 0.0906. The molecule has 0 atom stereocenters. The van der Waals surface area contributed by atoms with Crippen LogP contribution in [0, 0.1) is 10.5 Å². The number of rotatable bonds is 4. The van der Waals surface area contributed by atoms with Crippen molar-refractivity contribution in [2.75, 3.05) is 12.5 Å². The molecular weight excluding hydrogens is 387 g/mol. The SMILES string of the molecule is COc1cc(/C=N/Nc2nc(C)cc(=O)[nH]2)cc(I)c1O. The van der Waals surface area contributed by atoms with Crippen LogP contribution >= 0.6 is 22.6 Å². The minimum atomic E-state index is -0.249. The number of aromatic nitrogens is 2. The molecule has 0 saturated carbocycles. The van der Waals surface area contributed by atoms with Gasteiger partial charge in [-0.15, -0.1) is 0 Å². The molecular formula is C13H13IN4O3. The number of H-pyrrole nitrogens is 1. The average Bonchev–Trinajstić information content (AvgIpc) is 2.41. The highest BCUT2D eigenvalue weighted by Gasteiger charge is 2.07. The Bertz CT molecular complexity index is 743. The number of anilines is 1. The number of aromatic amines is 1. The summed E-state index contributed by atoms with van der Waals surface area (Å²) in [7, 11) is 1.48. The highest BCUT2D eigenvalue weighted by atomic mass is 127. The lowest BCUT2D eigenvalue weighted by molar-refractivity contribution is 0.371. The molecule has 0 aliphatic carbocycles. The summed E-state index contributed by atoms with van der Waals surface area (Å²) in [6, 6.07) is 4.78. The maximum atomic E-state index is 11.3. The summed E-state index contributed by atoms with van der Waals surface area (Å²) in [5, 5.41) is 13.7. The number of nitrogens with zero attached hydrogens (tertiary/aromatic N) is 2. The number of hydrogen-bond acceptors (Lipinski definition) is 6. The molecule has 0 aliphatic heterocycles. The topological polar surface area (TPSA) is 99.6 Å². The molecule has 0 amide bonds. The van der Waals surface area contributed by atoms with E-state index in [9.17, 15) is 9.90 Å². The summed E-state index contributed by atoms with van der Waals surface area (Å²) >= 11 is 2.00. The molecule has 8 heteroatoms. The quantitative estimate of drug-likeness (QED) is 0.413. The Morgan fingerprint density at radius 3 is 2.90 bits per heavy atom. The minimum Gasteiger partial charge on any atom is -0.504 e. The molecule has 0 saturated heterocycles. The number of nitrogens with one attached hydrogen (secondary N) is 2. The van der Waals surface area contributed by atoms with E-state index in [4.69, 9.17) is 4.74 Å². The van der Waals surface area contributed by atoms with Crippen molar-refractivity contribution in [2.45, 2.75) is 6.92 Å². The van der Waals surface area contributed by atoms with Gasteiger partial charge in [0.2, 0.25) is 5.95 Å². The molecule has 0 aliphatic rings. The van der Waals surface area contributed by atoms with Gasteiger partial charge in [0.05, 0.1) is 16.9 Å². The smallest absolute Gasteiger partial charge is 0.252 e. The van der Waals surface area contributed by atoms with Crippen LogP contribution in [-0.2, 0) is 0 Å². The summed E-state index contributed by atoms with van der Waals surface area (Å²) in [6.45, 7) is 1.72. The zero-order valence-corrected chi connectivity index (χ0v) is 13.5. The van der Waals surface area contributed by atoms with Gasteiger partial charge in [0.25, 0.3) is 5.56 Å². The van der Waals surface area contributed by atoms with E-state index >= 15 is 0 Å².